The van der Waals surface area contributed by atoms with Crippen LogP contribution in [-0.4, -0.2) is 39.5 Å². The zero-order chi connectivity index (χ0) is 15.9. The predicted octanol–water partition coefficient (Wildman–Crippen LogP) is 3.54. The van der Waals surface area contributed by atoms with Crippen LogP contribution in [0.1, 0.15) is 32.9 Å². The van der Waals surface area contributed by atoms with Gasteiger partial charge in [0.2, 0.25) is 5.78 Å². The minimum Gasteiger partial charge on any atom is -0.310 e. The van der Waals surface area contributed by atoms with E-state index in [-0.39, 0.29) is 5.41 Å². The first kappa shape index (κ1) is 15.1. The molecule has 0 unspecified atom stereocenters. The Hall–Kier alpha value is -1.81. The number of aromatic nitrogens is 3. The normalized spacial score (nSPS) is 12.8. The molecule has 0 aliphatic rings. The highest BCUT2D eigenvalue weighted by Crippen LogP contribution is 2.26. The molecular formula is C18H26N4. The van der Waals surface area contributed by atoms with Gasteiger partial charge in [-0.05, 0) is 39.2 Å². The minimum atomic E-state index is 0.0710. The molecular weight excluding hydrogens is 272 g/mol. The number of rotatable bonds is 4. The molecule has 4 heteroatoms. The van der Waals surface area contributed by atoms with Crippen molar-refractivity contribution in [1.82, 2.24) is 18.9 Å². The van der Waals surface area contributed by atoms with Gasteiger partial charge in [-0.1, -0.05) is 32.9 Å². The fourth-order valence-corrected chi connectivity index (χ4v) is 2.87. The van der Waals surface area contributed by atoms with Crippen LogP contribution in [0.2, 0.25) is 0 Å². The number of fused-ring (bicyclic) bond motifs is 3. The minimum absolute atomic E-state index is 0.0710. The van der Waals surface area contributed by atoms with Gasteiger partial charge in [-0.2, -0.15) is 0 Å². The number of nitrogens with zero attached hydrogens (tertiary/aromatic N) is 4. The van der Waals surface area contributed by atoms with Gasteiger partial charge in [-0.3, -0.25) is 4.40 Å². The van der Waals surface area contributed by atoms with Crippen molar-refractivity contribution >= 4 is 16.8 Å². The van der Waals surface area contributed by atoms with Crippen molar-refractivity contribution in [2.24, 2.45) is 0 Å². The third kappa shape index (κ3) is 2.63. The lowest BCUT2D eigenvalue weighted by Gasteiger charge is -2.14. The summed E-state index contributed by atoms with van der Waals surface area (Å²) in [5, 5.41) is 0. The molecule has 0 saturated carbocycles. The third-order valence-electron chi connectivity index (χ3n) is 4.12. The first-order valence-electron chi connectivity index (χ1n) is 7.99. The van der Waals surface area contributed by atoms with Crippen LogP contribution in [0.5, 0.6) is 0 Å². The summed E-state index contributed by atoms with van der Waals surface area (Å²) in [6, 6.07) is 8.58. The lowest BCUT2D eigenvalue weighted by atomic mass is 9.93. The summed E-state index contributed by atoms with van der Waals surface area (Å²) >= 11 is 0. The second kappa shape index (κ2) is 5.43. The van der Waals surface area contributed by atoms with Crippen molar-refractivity contribution in [2.45, 2.75) is 39.2 Å². The summed E-state index contributed by atoms with van der Waals surface area (Å²) in [4.78, 5) is 7.16. The van der Waals surface area contributed by atoms with Crippen LogP contribution in [0.15, 0.2) is 30.5 Å². The van der Waals surface area contributed by atoms with E-state index in [0.717, 1.165) is 31.0 Å². The van der Waals surface area contributed by atoms with E-state index in [0.29, 0.717) is 0 Å². The molecule has 0 fully saturated rings. The maximum atomic E-state index is 4.93. The Morgan fingerprint density at radius 3 is 2.41 bits per heavy atom. The van der Waals surface area contributed by atoms with Crippen molar-refractivity contribution in [3.8, 4) is 0 Å². The highest BCUT2D eigenvalue weighted by molar-refractivity contribution is 5.81. The number of hydrogen-bond acceptors (Lipinski definition) is 2. The molecule has 0 amide bonds. The fraction of sp³-hybridized carbons (Fsp3) is 0.500. The molecule has 4 nitrogen and oxygen atoms in total. The molecule has 2 heterocycles. The Morgan fingerprint density at radius 1 is 1.09 bits per heavy atom. The zero-order valence-electron chi connectivity index (χ0n) is 14.3. The second-order valence-electron chi connectivity index (χ2n) is 7.34. The van der Waals surface area contributed by atoms with E-state index >= 15 is 0 Å². The molecule has 0 saturated heterocycles. The SMILES string of the molecule is CN(C)CCCn1c2ccccc2n2cc(C(C)(C)C)nc12. The summed E-state index contributed by atoms with van der Waals surface area (Å²) in [5.41, 5.74) is 3.73. The van der Waals surface area contributed by atoms with E-state index in [2.05, 4.69) is 79.2 Å². The molecule has 0 radical (unpaired) electrons. The van der Waals surface area contributed by atoms with Crippen LogP contribution < -0.4 is 0 Å². The van der Waals surface area contributed by atoms with Crippen molar-refractivity contribution in [3.63, 3.8) is 0 Å². The van der Waals surface area contributed by atoms with Gasteiger partial charge in [-0.15, -0.1) is 0 Å². The average molecular weight is 298 g/mol. The number of hydrogen-bond donors (Lipinski definition) is 0. The summed E-state index contributed by atoms with van der Waals surface area (Å²) in [6.45, 7) is 8.73. The number of para-hydroxylation sites is 2. The summed E-state index contributed by atoms with van der Waals surface area (Å²) in [5.74, 6) is 1.06. The van der Waals surface area contributed by atoms with Crippen molar-refractivity contribution < 1.29 is 0 Å². The number of aryl methyl sites for hydroxylation is 1. The number of imidazole rings is 2. The highest BCUT2D eigenvalue weighted by Gasteiger charge is 2.21. The largest absolute Gasteiger partial charge is 0.310 e. The maximum Gasteiger partial charge on any atom is 0.215 e. The molecule has 0 atom stereocenters. The lowest BCUT2D eigenvalue weighted by molar-refractivity contribution is 0.389. The van der Waals surface area contributed by atoms with Gasteiger partial charge in [0, 0.05) is 18.2 Å². The van der Waals surface area contributed by atoms with E-state index < -0.39 is 0 Å². The Labute approximate surface area is 132 Å². The van der Waals surface area contributed by atoms with Crippen LogP contribution >= 0.6 is 0 Å². The lowest BCUT2D eigenvalue weighted by Crippen LogP contribution is -2.15. The van der Waals surface area contributed by atoms with E-state index in [1.54, 1.807) is 0 Å². The zero-order valence-corrected chi connectivity index (χ0v) is 14.3. The van der Waals surface area contributed by atoms with Gasteiger partial charge in [-0.25, -0.2) is 4.98 Å². The highest BCUT2D eigenvalue weighted by atomic mass is 15.2. The van der Waals surface area contributed by atoms with Crippen molar-refractivity contribution in [2.75, 3.05) is 20.6 Å². The third-order valence-corrected chi connectivity index (χ3v) is 4.12. The van der Waals surface area contributed by atoms with E-state index in [4.69, 9.17) is 4.98 Å². The van der Waals surface area contributed by atoms with Crippen molar-refractivity contribution in [1.29, 1.82) is 0 Å². The molecule has 0 spiro atoms. The summed E-state index contributed by atoms with van der Waals surface area (Å²) in [6.07, 6.45) is 3.32. The van der Waals surface area contributed by atoms with Gasteiger partial charge in [0.15, 0.2) is 0 Å². The Morgan fingerprint density at radius 2 is 1.77 bits per heavy atom. The monoisotopic (exact) mass is 298 g/mol. The van der Waals surface area contributed by atoms with E-state index in [9.17, 15) is 0 Å². The van der Waals surface area contributed by atoms with Gasteiger partial charge in [0.05, 0.1) is 16.7 Å². The van der Waals surface area contributed by atoms with Crippen LogP contribution in [0.3, 0.4) is 0 Å². The molecule has 118 valence electrons. The summed E-state index contributed by atoms with van der Waals surface area (Å²) < 4.78 is 4.60. The summed E-state index contributed by atoms with van der Waals surface area (Å²) in [7, 11) is 4.24. The predicted molar refractivity (Wildman–Crippen MR) is 92.6 cm³/mol. The van der Waals surface area contributed by atoms with Crippen LogP contribution in [0.25, 0.3) is 16.8 Å². The smallest absolute Gasteiger partial charge is 0.215 e. The van der Waals surface area contributed by atoms with Gasteiger partial charge < -0.3 is 9.47 Å². The topological polar surface area (TPSA) is 25.5 Å². The Balaban J connectivity index is 2.11. The maximum absolute atomic E-state index is 4.93. The van der Waals surface area contributed by atoms with Gasteiger partial charge >= 0.3 is 0 Å². The van der Waals surface area contributed by atoms with E-state index in [1.165, 1.54) is 11.0 Å². The molecule has 3 aromatic rings. The Kier molecular flexibility index (Phi) is 3.73. The molecule has 1 aromatic carbocycles. The first-order valence-corrected chi connectivity index (χ1v) is 7.99. The molecule has 0 aliphatic heterocycles. The van der Waals surface area contributed by atoms with Gasteiger partial charge in [0.25, 0.3) is 0 Å². The number of benzene rings is 1. The molecule has 0 N–H and O–H groups in total. The molecule has 22 heavy (non-hydrogen) atoms. The molecule has 2 aromatic heterocycles. The van der Waals surface area contributed by atoms with Crippen LogP contribution in [0.4, 0.5) is 0 Å². The average Bonchev–Trinajstić information content (AvgIpc) is 2.97. The fourth-order valence-electron chi connectivity index (χ4n) is 2.87. The molecule has 0 bridgehead atoms. The van der Waals surface area contributed by atoms with Crippen molar-refractivity contribution in [3.05, 3.63) is 36.2 Å². The Bertz CT molecular complexity index is 786. The quantitative estimate of drug-likeness (QED) is 0.736. The molecule has 0 aliphatic carbocycles. The van der Waals surface area contributed by atoms with E-state index in [1.807, 2.05) is 0 Å². The standard InChI is InChI=1S/C18H26N4/c1-18(2,3)16-13-22-15-10-7-6-9-14(15)21(17(22)19-16)12-8-11-20(4)5/h6-7,9-10,13H,8,11-12H2,1-5H3. The molecule has 3 rings (SSSR count). The van der Waals surface area contributed by atoms with Crippen LogP contribution in [0, 0.1) is 0 Å². The second-order valence-corrected chi connectivity index (χ2v) is 7.34. The van der Waals surface area contributed by atoms with Gasteiger partial charge in [0.1, 0.15) is 0 Å². The first-order chi connectivity index (χ1) is 10.4. The van der Waals surface area contributed by atoms with Crippen LogP contribution in [-0.2, 0) is 12.0 Å².